The van der Waals surface area contributed by atoms with Crippen LogP contribution < -0.4 is 4.72 Å². The van der Waals surface area contributed by atoms with Crippen LogP contribution in [0.2, 0.25) is 0 Å². The van der Waals surface area contributed by atoms with Crippen molar-refractivity contribution < 1.29 is 17.4 Å². The van der Waals surface area contributed by atoms with E-state index in [0.29, 0.717) is 17.3 Å². The molecular formula is C18H18N2O4S. The summed E-state index contributed by atoms with van der Waals surface area (Å²) in [5.41, 5.74) is 2.25. The Morgan fingerprint density at radius 2 is 2.04 bits per heavy atom. The number of sulfonamides is 1. The Labute approximate surface area is 145 Å². The zero-order valence-corrected chi connectivity index (χ0v) is 14.5. The second-order valence-corrected chi connectivity index (χ2v) is 7.86. The maximum atomic E-state index is 12.9. The minimum absolute atomic E-state index is 0.127. The Morgan fingerprint density at radius 3 is 2.84 bits per heavy atom. The second kappa shape index (κ2) is 6.16. The molecule has 1 atom stereocenters. The maximum Gasteiger partial charge on any atom is 0.244 e. The van der Waals surface area contributed by atoms with Gasteiger partial charge in [0.25, 0.3) is 0 Å². The van der Waals surface area contributed by atoms with Crippen molar-refractivity contribution in [3.05, 3.63) is 59.5 Å². The summed E-state index contributed by atoms with van der Waals surface area (Å²) >= 11 is 0. The van der Waals surface area contributed by atoms with Gasteiger partial charge in [-0.05, 0) is 37.3 Å². The third-order valence-electron chi connectivity index (χ3n) is 4.51. The highest BCUT2D eigenvalue weighted by atomic mass is 32.2. The standard InChI is InChI=1S/C18H18N2O4S/c1-12-18(11-17(23-12)16-9-10-19-24-16)25(21,22)20-15-8-4-6-13-5-2-3-7-14(13)15/h2-3,5,7,9-11,15,20H,4,6,8H2,1H3. The first-order valence-corrected chi connectivity index (χ1v) is 9.64. The van der Waals surface area contributed by atoms with Crippen LogP contribution in [0.3, 0.4) is 0 Å². The van der Waals surface area contributed by atoms with E-state index in [1.807, 2.05) is 18.2 Å². The predicted molar refractivity (Wildman–Crippen MR) is 91.4 cm³/mol. The lowest BCUT2D eigenvalue weighted by Crippen LogP contribution is -2.31. The molecule has 0 fully saturated rings. The molecule has 0 bridgehead atoms. The topological polar surface area (TPSA) is 85.3 Å². The fraction of sp³-hybridized carbons (Fsp3) is 0.278. The summed E-state index contributed by atoms with van der Waals surface area (Å²) in [5.74, 6) is 1.06. The van der Waals surface area contributed by atoms with Crippen LogP contribution in [0.1, 0.15) is 35.8 Å². The monoisotopic (exact) mass is 358 g/mol. The Kier molecular flexibility index (Phi) is 3.97. The zero-order valence-electron chi connectivity index (χ0n) is 13.7. The van der Waals surface area contributed by atoms with E-state index in [1.54, 1.807) is 13.0 Å². The van der Waals surface area contributed by atoms with Crippen molar-refractivity contribution in [3.63, 3.8) is 0 Å². The summed E-state index contributed by atoms with van der Waals surface area (Å²) in [5, 5.41) is 3.62. The quantitative estimate of drug-likeness (QED) is 0.770. The van der Waals surface area contributed by atoms with Crippen LogP contribution >= 0.6 is 0 Å². The Hall–Kier alpha value is -2.38. The normalized spacial score (nSPS) is 17.4. The number of furan rings is 1. The molecule has 7 heteroatoms. The largest absolute Gasteiger partial charge is 0.457 e. The molecule has 1 unspecified atom stereocenters. The van der Waals surface area contributed by atoms with Gasteiger partial charge in [-0.3, -0.25) is 0 Å². The van der Waals surface area contributed by atoms with Gasteiger partial charge in [-0.1, -0.05) is 29.4 Å². The third kappa shape index (κ3) is 3.01. The van der Waals surface area contributed by atoms with E-state index in [1.165, 1.54) is 17.8 Å². The van der Waals surface area contributed by atoms with Crippen molar-refractivity contribution in [2.45, 2.75) is 37.1 Å². The van der Waals surface area contributed by atoms with Crippen molar-refractivity contribution in [1.82, 2.24) is 9.88 Å². The van der Waals surface area contributed by atoms with E-state index in [2.05, 4.69) is 15.9 Å². The molecule has 130 valence electrons. The Bertz CT molecular complexity index is 990. The van der Waals surface area contributed by atoms with Crippen LogP contribution in [0, 0.1) is 6.92 Å². The molecule has 0 saturated heterocycles. The van der Waals surface area contributed by atoms with E-state index < -0.39 is 10.0 Å². The molecule has 4 rings (SSSR count). The summed E-state index contributed by atoms with van der Waals surface area (Å²) in [6, 6.07) is 10.9. The van der Waals surface area contributed by atoms with Crippen molar-refractivity contribution in [3.8, 4) is 11.5 Å². The van der Waals surface area contributed by atoms with Gasteiger partial charge in [-0.25, -0.2) is 13.1 Å². The molecule has 1 aliphatic rings. The van der Waals surface area contributed by atoms with Gasteiger partial charge in [0.05, 0.1) is 6.20 Å². The summed E-state index contributed by atoms with van der Waals surface area (Å²) in [7, 11) is -3.71. The Morgan fingerprint density at radius 1 is 1.20 bits per heavy atom. The van der Waals surface area contributed by atoms with Crippen molar-refractivity contribution in [2.75, 3.05) is 0 Å². The molecule has 0 spiro atoms. The van der Waals surface area contributed by atoms with E-state index in [4.69, 9.17) is 8.94 Å². The van der Waals surface area contributed by atoms with Gasteiger partial charge in [0, 0.05) is 18.2 Å². The molecule has 1 aromatic carbocycles. The first kappa shape index (κ1) is 16.1. The van der Waals surface area contributed by atoms with Gasteiger partial charge in [-0.15, -0.1) is 0 Å². The predicted octanol–water partition coefficient (Wildman–Crippen LogP) is 3.60. The number of benzene rings is 1. The highest BCUT2D eigenvalue weighted by Gasteiger charge is 2.29. The van der Waals surface area contributed by atoms with Crippen molar-refractivity contribution in [1.29, 1.82) is 0 Å². The third-order valence-corrected chi connectivity index (χ3v) is 6.09. The molecule has 6 nitrogen and oxygen atoms in total. The first-order chi connectivity index (χ1) is 12.0. The highest BCUT2D eigenvalue weighted by Crippen LogP contribution is 2.33. The maximum absolute atomic E-state index is 12.9. The van der Waals surface area contributed by atoms with E-state index in [-0.39, 0.29) is 10.9 Å². The molecule has 1 N–H and O–H groups in total. The minimum atomic E-state index is -3.71. The number of aryl methyl sites for hydroxylation is 2. The van der Waals surface area contributed by atoms with Crippen LogP contribution in [-0.2, 0) is 16.4 Å². The summed E-state index contributed by atoms with van der Waals surface area (Å²) in [4.78, 5) is 0.127. The highest BCUT2D eigenvalue weighted by molar-refractivity contribution is 7.89. The number of nitrogens with zero attached hydrogens (tertiary/aromatic N) is 1. The number of hydrogen-bond acceptors (Lipinski definition) is 5. The number of nitrogens with one attached hydrogen (secondary N) is 1. The number of aromatic nitrogens is 1. The van der Waals surface area contributed by atoms with E-state index >= 15 is 0 Å². The summed E-state index contributed by atoms with van der Waals surface area (Å²) in [6.45, 7) is 1.63. The van der Waals surface area contributed by atoms with Crippen molar-refractivity contribution >= 4 is 10.0 Å². The molecule has 2 aromatic heterocycles. The van der Waals surface area contributed by atoms with E-state index in [9.17, 15) is 8.42 Å². The lowest BCUT2D eigenvalue weighted by Gasteiger charge is -2.26. The Balaban J connectivity index is 1.65. The van der Waals surface area contributed by atoms with Gasteiger partial charge in [0.2, 0.25) is 15.8 Å². The van der Waals surface area contributed by atoms with Crippen LogP contribution in [0.5, 0.6) is 0 Å². The number of fused-ring (bicyclic) bond motifs is 1. The van der Waals surface area contributed by atoms with Crippen LogP contribution in [-0.4, -0.2) is 13.6 Å². The summed E-state index contributed by atoms with van der Waals surface area (Å²) in [6.07, 6.45) is 4.20. The fourth-order valence-corrected chi connectivity index (χ4v) is 4.75. The fourth-order valence-electron chi connectivity index (χ4n) is 3.32. The van der Waals surface area contributed by atoms with Crippen LogP contribution in [0.25, 0.3) is 11.5 Å². The molecule has 0 amide bonds. The van der Waals surface area contributed by atoms with Gasteiger partial charge in [-0.2, -0.15) is 0 Å². The lowest BCUT2D eigenvalue weighted by molar-refractivity contribution is 0.414. The van der Waals surface area contributed by atoms with Gasteiger partial charge < -0.3 is 8.94 Å². The average Bonchev–Trinajstić information content (AvgIpc) is 3.24. The molecule has 0 aliphatic heterocycles. The lowest BCUT2D eigenvalue weighted by atomic mass is 9.88. The van der Waals surface area contributed by atoms with Gasteiger partial charge >= 0.3 is 0 Å². The molecule has 1 aliphatic carbocycles. The van der Waals surface area contributed by atoms with Crippen LogP contribution in [0.15, 0.2) is 56.4 Å². The molecule has 2 heterocycles. The average molecular weight is 358 g/mol. The number of hydrogen-bond donors (Lipinski definition) is 1. The smallest absolute Gasteiger partial charge is 0.244 e. The minimum Gasteiger partial charge on any atom is -0.457 e. The van der Waals surface area contributed by atoms with E-state index in [0.717, 1.165) is 24.8 Å². The molecule has 0 saturated carbocycles. The number of rotatable bonds is 4. The SMILES string of the molecule is Cc1oc(-c2ccno2)cc1S(=O)(=O)NC1CCCc2ccccc21. The zero-order chi connectivity index (χ0) is 17.4. The first-order valence-electron chi connectivity index (χ1n) is 8.16. The van der Waals surface area contributed by atoms with Crippen LogP contribution in [0.4, 0.5) is 0 Å². The molecule has 0 radical (unpaired) electrons. The molecule has 3 aromatic rings. The van der Waals surface area contributed by atoms with Crippen molar-refractivity contribution in [2.24, 2.45) is 0 Å². The second-order valence-electron chi connectivity index (χ2n) is 6.17. The van der Waals surface area contributed by atoms with Gasteiger partial charge in [0.15, 0.2) is 5.76 Å². The summed E-state index contributed by atoms with van der Waals surface area (Å²) < 4.78 is 39.2. The molecule has 25 heavy (non-hydrogen) atoms. The van der Waals surface area contributed by atoms with Gasteiger partial charge in [0.1, 0.15) is 10.7 Å². The molecular weight excluding hydrogens is 340 g/mol.